The van der Waals surface area contributed by atoms with Crippen molar-refractivity contribution in [2.24, 2.45) is 5.92 Å². The van der Waals surface area contributed by atoms with Gasteiger partial charge in [-0.05, 0) is 31.0 Å². The number of nitrogens with zero attached hydrogens (tertiary/aromatic N) is 5. The lowest BCUT2D eigenvalue weighted by Gasteiger charge is -2.31. The number of nitriles is 1. The van der Waals surface area contributed by atoms with Gasteiger partial charge in [0.1, 0.15) is 5.69 Å². The lowest BCUT2D eigenvalue weighted by atomic mass is 9.97. The zero-order chi connectivity index (χ0) is 21.0. The van der Waals surface area contributed by atoms with Crippen LogP contribution in [0, 0.1) is 17.2 Å². The molecule has 1 aliphatic heterocycles. The maximum atomic E-state index is 13.0. The first-order valence-electron chi connectivity index (χ1n) is 9.43. The Kier molecular flexibility index (Phi) is 4.00. The predicted octanol–water partition coefficient (Wildman–Crippen LogP) is 3.99. The molecule has 150 valence electrons. The number of fused-ring (bicyclic) bond motifs is 5. The van der Waals surface area contributed by atoms with Crippen LogP contribution in [0.3, 0.4) is 0 Å². The van der Waals surface area contributed by atoms with Crippen molar-refractivity contribution in [3.05, 3.63) is 47.7 Å². The van der Waals surface area contributed by atoms with Gasteiger partial charge in [0.15, 0.2) is 0 Å². The molecular formula is C21H14F3N5O. The molecule has 0 unspecified atom stereocenters. The molecule has 9 heteroatoms. The first kappa shape index (κ1) is 18.5. The van der Waals surface area contributed by atoms with Gasteiger partial charge < -0.3 is 4.90 Å². The number of benzene rings is 1. The second-order valence-corrected chi connectivity index (χ2v) is 7.42. The molecule has 0 spiro atoms. The number of alkyl halides is 3. The van der Waals surface area contributed by atoms with E-state index in [-0.39, 0.29) is 22.7 Å². The van der Waals surface area contributed by atoms with Gasteiger partial charge in [-0.15, -0.1) is 0 Å². The van der Waals surface area contributed by atoms with Gasteiger partial charge >= 0.3 is 6.18 Å². The van der Waals surface area contributed by atoms with E-state index in [1.807, 2.05) is 18.2 Å². The smallest absolute Gasteiger partial charge is 0.371 e. The average Bonchev–Trinajstić information content (AvgIpc) is 3.05. The summed E-state index contributed by atoms with van der Waals surface area (Å²) in [6.45, 7) is 1.47. The summed E-state index contributed by atoms with van der Waals surface area (Å²) in [4.78, 5) is 26.1. The van der Waals surface area contributed by atoms with E-state index in [4.69, 9.17) is 5.26 Å². The van der Waals surface area contributed by atoms with Crippen molar-refractivity contribution in [3.8, 4) is 17.2 Å². The van der Waals surface area contributed by atoms with Crippen LogP contribution in [0.2, 0.25) is 0 Å². The molecule has 2 aliphatic rings. The predicted molar refractivity (Wildman–Crippen MR) is 102 cm³/mol. The normalized spacial score (nSPS) is 16.5. The molecule has 1 fully saturated rings. The van der Waals surface area contributed by atoms with E-state index in [0.717, 1.165) is 37.8 Å². The summed E-state index contributed by atoms with van der Waals surface area (Å²) in [6, 6.07) is 7.95. The number of aromatic nitrogens is 3. The van der Waals surface area contributed by atoms with Crippen LogP contribution in [0.4, 0.5) is 18.9 Å². The first-order chi connectivity index (χ1) is 14.4. The molecule has 3 aromatic rings. The second kappa shape index (κ2) is 6.49. The Morgan fingerprint density at radius 2 is 1.83 bits per heavy atom. The Bertz CT molecular complexity index is 1240. The maximum absolute atomic E-state index is 13.0. The molecule has 1 aliphatic carbocycles. The van der Waals surface area contributed by atoms with Crippen LogP contribution in [0.25, 0.3) is 22.0 Å². The fraction of sp³-hybridized carbons (Fsp3) is 0.286. The molecule has 30 heavy (non-hydrogen) atoms. The summed E-state index contributed by atoms with van der Waals surface area (Å²) in [5.74, 6) is -1.86. The minimum atomic E-state index is -4.73. The maximum Gasteiger partial charge on any atom is 0.451 e. The minimum Gasteiger partial charge on any atom is -0.371 e. The third kappa shape index (κ3) is 2.79. The molecular weight excluding hydrogens is 395 g/mol. The fourth-order valence-corrected chi connectivity index (χ4v) is 4.11. The number of pyridine rings is 1. The van der Waals surface area contributed by atoms with Crippen LogP contribution in [0.5, 0.6) is 0 Å². The number of anilines is 1. The molecule has 5 rings (SSSR count). The quantitative estimate of drug-likeness (QED) is 0.473. The van der Waals surface area contributed by atoms with Gasteiger partial charge in [-0.1, -0.05) is 0 Å². The highest BCUT2D eigenvalue weighted by Gasteiger charge is 2.38. The van der Waals surface area contributed by atoms with Crippen LogP contribution >= 0.6 is 0 Å². The van der Waals surface area contributed by atoms with Crippen molar-refractivity contribution in [3.63, 3.8) is 0 Å². The zero-order valence-electron chi connectivity index (χ0n) is 15.6. The summed E-state index contributed by atoms with van der Waals surface area (Å²) >= 11 is 0. The monoisotopic (exact) mass is 409 g/mol. The van der Waals surface area contributed by atoms with Crippen molar-refractivity contribution in [1.29, 1.82) is 5.26 Å². The molecule has 3 heterocycles. The second-order valence-electron chi connectivity index (χ2n) is 7.42. The van der Waals surface area contributed by atoms with Crippen LogP contribution in [0.1, 0.15) is 34.7 Å². The number of rotatable bonds is 1. The SMILES string of the molecule is N#CC1CCN(c2ccc3ncc4c(c3c2)-c2cnc(C(F)(F)F)nc2C4=O)CC1. The Labute approximate surface area is 169 Å². The highest BCUT2D eigenvalue weighted by Crippen LogP contribution is 2.41. The summed E-state index contributed by atoms with van der Waals surface area (Å²) in [5.41, 5.74) is 2.33. The van der Waals surface area contributed by atoms with Crippen molar-refractivity contribution in [1.82, 2.24) is 15.0 Å². The van der Waals surface area contributed by atoms with Crippen LogP contribution in [0.15, 0.2) is 30.6 Å². The van der Waals surface area contributed by atoms with E-state index < -0.39 is 17.8 Å². The van der Waals surface area contributed by atoms with Crippen molar-refractivity contribution < 1.29 is 18.0 Å². The number of hydrogen-bond acceptors (Lipinski definition) is 6. The van der Waals surface area contributed by atoms with Gasteiger partial charge in [-0.3, -0.25) is 9.78 Å². The highest BCUT2D eigenvalue weighted by molar-refractivity contribution is 6.24. The van der Waals surface area contributed by atoms with E-state index in [1.165, 1.54) is 6.20 Å². The number of hydrogen-bond donors (Lipinski definition) is 0. The van der Waals surface area contributed by atoms with E-state index in [2.05, 4.69) is 25.9 Å². The summed E-state index contributed by atoms with van der Waals surface area (Å²) < 4.78 is 39.0. The Morgan fingerprint density at radius 3 is 2.53 bits per heavy atom. The highest BCUT2D eigenvalue weighted by atomic mass is 19.4. The Balaban J connectivity index is 1.63. The standard InChI is InChI=1S/C21H14F3N5O/c22-21(23,24)20-27-9-14-17-13-7-12(29-5-3-11(8-25)4-6-29)1-2-16(13)26-10-15(17)19(30)18(14)28-20/h1-2,7,9-11H,3-6H2. The summed E-state index contributed by atoms with van der Waals surface area (Å²) in [5, 5.41) is 9.76. The molecule has 0 bridgehead atoms. The topological polar surface area (TPSA) is 82.8 Å². The van der Waals surface area contributed by atoms with Gasteiger partial charge in [0.05, 0.1) is 17.1 Å². The minimum absolute atomic E-state index is 0.0529. The number of carbonyl (C=O) groups excluding carboxylic acids is 1. The van der Waals surface area contributed by atoms with Gasteiger partial charge in [0.2, 0.25) is 11.6 Å². The molecule has 0 radical (unpaired) electrons. The Hall–Kier alpha value is -3.54. The third-order valence-electron chi connectivity index (χ3n) is 5.67. The van der Waals surface area contributed by atoms with E-state index in [9.17, 15) is 18.0 Å². The zero-order valence-corrected chi connectivity index (χ0v) is 15.6. The van der Waals surface area contributed by atoms with Crippen LogP contribution in [-0.4, -0.2) is 33.8 Å². The molecule has 1 saturated heterocycles. The molecule has 0 N–H and O–H groups in total. The van der Waals surface area contributed by atoms with Crippen molar-refractivity contribution >= 4 is 22.4 Å². The van der Waals surface area contributed by atoms with Gasteiger partial charge in [-0.25, -0.2) is 9.97 Å². The fourth-order valence-electron chi connectivity index (χ4n) is 4.11. The number of piperidine rings is 1. The molecule has 6 nitrogen and oxygen atoms in total. The molecule has 1 aromatic carbocycles. The van der Waals surface area contributed by atoms with Crippen LogP contribution in [-0.2, 0) is 6.18 Å². The van der Waals surface area contributed by atoms with E-state index in [0.29, 0.717) is 16.5 Å². The number of ketones is 1. The van der Waals surface area contributed by atoms with Crippen molar-refractivity contribution in [2.75, 3.05) is 18.0 Å². The summed E-state index contributed by atoms with van der Waals surface area (Å²) in [6.07, 6.45) is -0.732. The lowest BCUT2D eigenvalue weighted by Crippen LogP contribution is -2.33. The molecule has 0 amide bonds. The van der Waals surface area contributed by atoms with Gasteiger partial charge in [0, 0.05) is 53.6 Å². The van der Waals surface area contributed by atoms with Crippen molar-refractivity contribution in [2.45, 2.75) is 19.0 Å². The first-order valence-corrected chi connectivity index (χ1v) is 9.43. The molecule has 0 saturated carbocycles. The van der Waals surface area contributed by atoms with E-state index >= 15 is 0 Å². The third-order valence-corrected chi connectivity index (χ3v) is 5.67. The average molecular weight is 409 g/mol. The molecule has 2 aromatic heterocycles. The van der Waals surface area contributed by atoms with Crippen LogP contribution < -0.4 is 4.90 Å². The largest absolute Gasteiger partial charge is 0.451 e. The van der Waals surface area contributed by atoms with E-state index in [1.54, 1.807) is 0 Å². The Morgan fingerprint density at radius 1 is 1.10 bits per heavy atom. The number of carbonyl (C=O) groups is 1. The van der Waals surface area contributed by atoms with Gasteiger partial charge in [-0.2, -0.15) is 18.4 Å². The lowest BCUT2D eigenvalue weighted by molar-refractivity contribution is -0.145. The summed E-state index contributed by atoms with van der Waals surface area (Å²) in [7, 11) is 0. The molecule has 0 atom stereocenters. The number of halogens is 3. The van der Waals surface area contributed by atoms with Gasteiger partial charge in [0.25, 0.3) is 0 Å².